The molecule has 1 atom stereocenters. The molecule has 24 heavy (non-hydrogen) atoms. The normalized spacial score (nSPS) is 17.1. The molecule has 130 valence electrons. The zero-order chi connectivity index (χ0) is 17.7. The number of piperidine rings is 1. The maximum atomic E-state index is 12.4. The number of rotatable bonds is 3. The Morgan fingerprint density at radius 3 is 2.21 bits per heavy atom. The third kappa shape index (κ3) is 4.71. The van der Waals surface area contributed by atoms with Gasteiger partial charge in [-0.15, -0.1) is 0 Å². The first kappa shape index (κ1) is 17.8. The number of anilines is 2. The van der Waals surface area contributed by atoms with Gasteiger partial charge in [-0.3, -0.25) is 9.59 Å². The summed E-state index contributed by atoms with van der Waals surface area (Å²) < 4.78 is 0. The summed E-state index contributed by atoms with van der Waals surface area (Å²) in [5.41, 5.74) is 1.35. The van der Waals surface area contributed by atoms with Crippen LogP contribution in [0.2, 0.25) is 0 Å². The molecule has 0 aliphatic carbocycles. The van der Waals surface area contributed by atoms with Gasteiger partial charge in [0, 0.05) is 45.5 Å². The molecule has 0 spiro atoms. The maximum absolute atomic E-state index is 12.4. The van der Waals surface area contributed by atoms with Crippen LogP contribution in [0.15, 0.2) is 24.3 Å². The minimum absolute atomic E-state index is 0.0628. The Bertz CT molecular complexity index is 613. The molecule has 7 heteroatoms. The van der Waals surface area contributed by atoms with Crippen LogP contribution in [0.5, 0.6) is 0 Å². The molecular weight excluding hydrogens is 308 g/mol. The summed E-state index contributed by atoms with van der Waals surface area (Å²) in [7, 11) is 3.42. The lowest BCUT2D eigenvalue weighted by molar-refractivity contribution is -0.121. The molecule has 0 bridgehead atoms. The summed E-state index contributed by atoms with van der Waals surface area (Å²) >= 11 is 0. The van der Waals surface area contributed by atoms with Crippen LogP contribution in [-0.2, 0) is 9.59 Å². The Morgan fingerprint density at radius 1 is 1.08 bits per heavy atom. The van der Waals surface area contributed by atoms with Crippen molar-refractivity contribution in [2.24, 2.45) is 5.92 Å². The lowest BCUT2D eigenvalue weighted by atomic mass is 9.97. The van der Waals surface area contributed by atoms with Crippen LogP contribution in [0.4, 0.5) is 16.2 Å². The van der Waals surface area contributed by atoms with Crippen molar-refractivity contribution in [3.05, 3.63) is 24.3 Å². The van der Waals surface area contributed by atoms with Crippen molar-refractivity contribution in [1.29, 1.82) is 0 Å². The van der Waals surface area contributed by atoms with Crippen LogP contribution in [0.3, 0.4) is 0 Å². The zero-order valence-electron chi connectivity index (χ0n) is 14.3. The van der Waals surface area contributed by atoms with Gasteiger partial charge in [0.25, 0.3) is 0 Å². The zero-order valence-corrected chi connectivity index (χ0v) is 14.3. The van der Waals surface area contributed by atoms with Gasteiger partial charge in [0.15, 0.2) is 0 Å². The summed E-state index contributed by atoms with van der Waals surface area (Å²) in [5, 5.41) is 5.55. The van der Waals surface area contributed by atoms with Gasteiger partial charge in [-0.1, -0.05) is 0 Å². The van der Waals surface area contributed by atoms with E-state index in [4.69, 9.17) is 0 Å². The van der Waals surface area contributed by atoms with Crippen molar-refractivity contribution in [3.63, 3.8) is 0 Å². The molecule has 1 aliphatic heterocycles. The molecule has 7 nitrogen and oxygen atoms in total. The molecule has 0 radical (unpaired) electrons. The molecule has 0 unspecified atom stereocenters. The Balaban J connectivity index is 1.94. The number of urea groups is 1. The molecule has 1 aromatic carbocycles. The Hall–Kier alpha value is -2.57. The molecule has 2 N–H and O–H groups in total. The van der Waals surface area contributed by atoms with Gasteiger partial charge >= 0.3 is 6.03 Å². The van der Waals surface area contributed by atoms with Crippen molar-refractivity contribution in [1.82, 2.24) is 9.80 Å². The molecule has 2 rings (SSSR count). The van der Waals surface area contributed by atoms with E-state index in [-0.39, 0.29) is 23.8 Å². The Labute approximate surface area is 142 Å². The highest BCUT2D eigenvalue weighted by Crippen LogP contribution is 2.20. The smallest absolute Gasteiger partial charge is 0.319 e. The summed E-state index contributed by atoms with van der Waals surface area (Å²) in [6, 6.07) is 6.90. The third-order valence-corrected chi connectivity index (χ3v) is 3.92. The highest BCUT2D eigenvalue weighted by atomic mass is 16.2. The van der Waals surface area contributed by atoms with Gasteiger partial charge in [-0.2, -0.15) is 0 Å². The number of amides is 4. The number of nitrogens with zero attached hydrogens (tertiary/aromatic N) is 2. The topological polar surface area (TPSA) is 81.8 Å². The molecular formula is C17H24N4O3. The number of carbonyl (C=O) groups excluding carboxylic acids is 3. The first-order valence-electron chi connectivity index (χ1n) is 8.01. The van der Waals surface area contributed by atoms with E-state index in [1.165, 1.54) is 11.8 Å². The van der Waals surface area contributed by atoms with E-state index in [2.05, 4.69) is 10.6 Å². The average Bonchev–Trinajstić information content (AvgIpc) is 2.55. The highest BCUT2D eigenvalue weighted by Gasteiger charge is 2.29. The number of hydrogen-bond acceptors (Lipinski definition) is 3. The monoisotopic (exact) mass is 332 g/mol. The fraction of sp³-hybridized carbons (Fsp3) is 0.471. The van der Waals surface area contributed by atoms with Crippen molar-refractivity contribution in [3.8, 4) is 0 Å². The van der Waals surface area contributed by atoms with Crippen LogP contribution in [0.1, 0.15) is 19.8 Å². The standard InChI is InChI=1S/C17H24N4O3/c1-12(22)18-14-6-8-15(9-7-14)19-16(23)13-5-4-10-21(11-13)17(24)20(2)3/h6-9,13H,4-5,10-11H2,1-3H3,(H,18,22)(H,19,23)/t13-/m1/s1. The van der Waals surface area contributed by atoms with E-state index in [0.29, 0.717) is 24.5 Å². The molecule has 0 saturated carbocycles. The average molecular weight is 332 g/mol. The minimum Gasteiger partial charge on any atom is -0.331 e. The second-order valence-corrected chi connectivity index (χ2v) is 6.21. The van der Waals surface area contributed by atoms with Gasteiger partial charge in [0.1, 0.15) is 0 Å². The van der Waals surface area contributed by atoms with E-state index >= 15 is 0 Å². The minimum atomic E-state index is -0.210. The predicted octanol–water partition coefficient (Wildman–Crippen LogP) is 1.98. The summed E-state index contributed by atoms with van der Waals surface area (Å²) in [4.78, 5) is 38.7. The van der Waals surface area contributed by atoms with Crippen LogP contribution in [0, 0.1) is 5.92 Å². The number of carbonyl (C=O) groups is 3. The third-order valence-electron chi connectivity index (χ3n) is 3.92. The first-order chi connectivity index (χ1) is 11.4. The fourth-order valence-corrected chi connectivity index (χ4v) is 2.73. The van der Waals surface area contributed by atoms with E-state index in [1.807, 2.05) is 0 Å². The van der Waals surface area contributed by atoms with Gasteiger partial charge in [-0.05, 0) is 37.1 Å². The predicted molar refractivity (Wildman–Crippen MR) is 92.8 cm³/mol. The number of likely N-dealkylation sites (tertiary alicyclic amines) is 1. The van der Waals surface area contributed by atoms with Crippen molar-refractivity contribution in [2.45, 2.75) is 19.8 Å². The summed E-state index contributed by atoms with van der Waals surface area (Å²) in [5.74, 6) is -0.434. The SMILES string of the molecule is CC(=O)Nc1ccc(NC(=O)[C@@H]2CCCN(C(=O)N(C)C)C2)cc1. The Morgan fingerprint density at radius 2 is 1.67 bits per heavy atom. The molecule has 1 aromatic rings. The van der Waals surface area contributed by atoms with E-state index < -0.39 is 0 Å². The van der Waals surface area contributed by atoms with E-state index in [0.717, 1.165) is 12.8 Å². The van der Waals surface area contributed by atoms with Gasteiger partial charge in [-0.25, -0.2) is 4.79 Å². The van der Waals surface area contributed by atoms with Crippen molar-refractivity contribution >= 4 is 29.2 Å². The fourth-order valence-electron chi connectivity index (χ4n) is 2.73. The largest absolute Gasteiger partial charge is 0.331 e. The lowest BCUT2D eigenvalue weighted by Gasteiger charge is -2.33. The molecule has 1 saturated heterocycles. The quantitative estimate of drug-likeness (QED) is 0.888. The molecule has 1 heterocycles. The van der Waals surface area contributed by atoms with Crippen LogP contribution in [-0.4, -0.2) is 54.8 Å². The van der Waals surface area contributed by atoms with Crippen molar-refractivity contribution < 1.29 is 14.4 Å². The second kappa shape index (κ2) is 7.81. The van der Waals surface area contributed by atoms with Crippen LogP contribution in [0.25, 0.3) is 0 Å². The first-order valence-corrected chi connectivity index (χ1v) is 8.01. The van der Waals surface area contributed by atoms with Crippen molar-refractivity contribution in [2.75, 3.05) is 37.8 Å². The summed E-state index contributed by atoms with van der Waals surface area (Å²) in [6.45, 7) is 2.57. The Kier molecular flexibility index (Phi) is 5.78. The number of nitrogens with one attached hydrogen (secondary N) is 2. The number of hydrogen-bond donors (Lipinski definition) is 2. The van der Waals surface area contributed by atoms with Gasteiger partial charge in [0.05, 0.1) is 5.92 Å². The summed E-state index contributed by atoms with van der Waals surface area (Å²) in [6.07, 6.45) is 1.59. The molecule has 0 aromatic heterocycles. The maximum Gasteiger partial charge on any atom is 0.319 e. The molecule has 4 amide bonds. The van der Waals surface area contributed by atoms with E-state index in [1.54, 1.807) is 43.3 Å². The van der Waals surface area contributed by atoms with Gasteiger partial charge in [0.2, 0.25) is 11.8 Å². The van der Waals surface area contributed by atoms with Crippen LogP contribution >= 0.6 is 0 Å². The second-order valence-electron chi connectivity index (χ2n) is 6.21. The highest BCUT2D eigenvalue weighted by molar-refractivity contribution is 5.94. The van der Waals surface area contributed by atoms with E-state index in [9.17, 15) is 14.4 Å². The molecule has 1 fully saturated rings. The van der Waals surface area contributed by atoms with Crippen LogP contribution < -0.4 is 10.6 Å². The number of benzene rings is 1. The molecule has 1 aliphatic rings. The van der Waals surface area contributed by atoms with Gasteiger partial charge < -0.3 is 20.4 Å². The lowest BCUT2D eigenvalue weighted by Crippen LogP contribution is -2.47.